The largest absolute Gasteiger partial charge is 0.455 e. The topological polar surface area (TPSA) is 181 Å². The van der Waals surface area contributed by atoms with Crippen LogP contribution in [0.1, 0.15) is 82.9 Å². The van der Waals surface area contributed by atoms with Gasteiger partial charge < -0.3 is 52.5 Å². The Morgan fingerprint density at radius 1 is 0.618 bits per heavy atom. The Morgan fingerprint density at radius 3 is 1.68 bits per heavy atom. The molecule has 0 saturated carbocycles. The monoisotopic (exact) mass is 966 g/mol. The zero-order chi connectivity index (χ0) is 48.8. The van der Waals surface area contributed by atoms with Crippen LogP contribution >= 0.6 is 11.6 Å². The van der Waals surface area contributed by atoms with E-state index in [-0.39, 0.29) is 32.8 Å². The first-order valence-electron chi connectivity index (χ1n) is 23.5. The van der Waals surface area contributed by atoms with Crippen LogP contribution in [0.25, 0.3) is 0 Å². The number of halogens is 1. The zero-order valence-electron chi connectivity index (χ0n) is 39.4. The number of unbranched alkanes of at least 4 members (excludes halogenated alkanes) is 2. The van der Waals surface area contributed by atoms with Crippen LogP contribution in [0.4, 0.5) is 0 Å². The molecule has 0 aromatic heterocycles. The first kappa shape index (κ1) is 54.2. The minimum atomic E-state index is -1.91. The summed E-state index contributed by atoms with van der Waals surface area (Å²) in [6.45, 7) is 10.6. The lowest BCUT2D eigenvalue weighted by molar-refractivity contribution is -0.338. The first-order chi connectivity index (χ1) is 33.0. The van der Waals surface area contributed by atoms with Crippen LogP contribution < -0.4 is 0 Å². The van der Waals surface area contributed by atoms with Crippen molar-refractivity contribution in [1.29, 1.82) is 0 Å². The van der Waals surface area contributed by atoms with Crippen LogP contribution in [0.15, 0.2) is 104 Å². The fraction of sp³-hybridized carbons (Fsp3) is 0.538. The number of hydrogen-bond donors (Lipinski definition) is 1. The molecule has 5 rings (SSSR count). The molecule has 2 aliphatic heterocycles. The molecular weight excluding hydrogens is 900 g/mol. The molecule has 3 aromatic carbocycles. The predicted molar refractivity (Wildman–Crippen MR) is 249 cm³/mol. The standard InChI is InChI=1S/C52H67ClO15/c1-6-9-10-20-27-41(54)65-48-45(61-31-38-25-18-13-19-26-38)43(60-30-37-23-16-12-17-24-37)39(32-59-29-36-21-14-11-15-22-36)64-52(48)62-33-40-44(67-49(56)34(4)7-2)46(68-50(57)35(5)8-3)47(51(58)63-40)66-42(55)28-53/h6,11-19,21-26,34-35,39-40,43-48,51-52,58H,1,7-10,20,27-33H2,2-5H3/t34-,35-,39+,40+,43+,44+,45-,46-,47+,48+,51?,52+/m0/s1. The van der Waals surface area contributed by atoms with Crippen molar-refractivity contribution in [3.05, 3.63) is 120 Å². The van der Waals surface area contributed by atoms with Gasteiger partial charge >= 0.3 is 23.9 Å². The molecule has 2 heterocycles. The quantitative estimate of drug-likeness (QED) is 0.0260. The number of rotatable bonds is 27. The molecule has 16 heteroatoms. The Balaban J connectivity index is 1.54. The number of benzene rings is 3. The molecule has 1 N–H and O–H groups in total. The third-order valence-electron chi connectivity index (χ3n) is 11.8. The number of hydrogen-bond acceptors (Lipinski definition) is 15. The molecular formula is C52H67ClO15. The molecule has 0 spiro atoms. The fourth-order valence-electron chi connectivity index (χ4n) is 7.47. The Morgan fingerprint density at radius 2 is 1.13 bits per heavy atom. The Kier molecular flexibility index (Phi) is 22.9. The Hall–Kier alpha value is -4.71. The fourth-order valence-corrected chi connectivity index (χ4v) is 7.53. The highest BCUT2D eigenvalue weighted by Crippen LogP contribution is 2.34. The maximum absolute atomic E-state index is 13.8. The number of esters is 4. The number of alkyl halides is 1. The van der Waals surface area contributed by atoms with Gasteiger partial charge in [0, 0.05) is 6.42 Å². The van der Waals surface area contributed by atoms with Crippen molar-refractivity contribution >= 4 is 35.5 Å². The van der Waals surface area contributed by atoms with Crippen LogP contribution in [-0.4, -0.2) is 109 Å². The van der Waals surface area contributed by atoms with Gasteiger partial charge in [-0.1, -0.05) is 125 Å². The third-order valence-corrected chi connectivity index (χ3v) is 12.0. The van der Waals surface area contributed by atoms with E-state index in [1.165, 1.54) is 0 Å². The van der Waals surface area contributed by atoms with Crippen molar-refractivity contribution in [2.45, 2.75) is 147 Å². The number of carbonyl (C=O) groups is 4. The second-order valence-corrected chi connectivity index (χ2v) is 17.2. The Labute approximate surface area is 404 Å². The van der Waals surface area contributed by atoms with E-state index in [0.29, 0.717) is 32.1 Å². The smallest absolute Gasteiger partial charge is 0.321 e. The van der Waals surface area contributed by atoms with E-state index in [0.717, 1.165) is 16.7 Å². The van der Waals surface area contributed by atoms with Gasteiger partial charge in [0.2, 0.25) is 0 Å². The molecule has 68 heavy (non-hydrogen) atoms. The lowest BCUT2D eigenvalue weighted by atomic mass is 9.96. The molecule has 0 aliphatic carbocycles. The van der Waals surface area contributed by atoms with Gasteiger partial charge in [0.15, 0.2) is 37.0 Å². The highest BCUT2D eigenvalue weighted by atomic mass is 35.5. The molecule has 15 nitrogen and oxygen atoms in total. The highest BCUT2D eigenvalue weighted by Gasteiger charge is 2.55. The number of aliphatic hydroxyl groups is 1. The molecule has 12 atom stereocenters. The van der Waals surface area contributed by atoms with Crippen molar-refractivity contribution in [2.24, 2.45) is 11.8 Å². The van der Waals surface area contributed by atoms with Gasteiger partial charge in [0.05, 0.1) is 44.9 Å². The predicted octanol–water partition coefficient (Wildman–Crippen LogP) is 7.56. The highest BCUT2D eigenvalue weighted by molar-refractivity contribution is 6.26. The van der Waals surface area contributed by atoms with Gasteiger partial charge in [-0.2, -0.15) is 0 Å². The van der Waals surface area contributed by atoms with Crippen molar-refractivity contribution in [2.75, 3.05) is 19.1 Å². The van der Waals surface area contributed by atoms with Crippen LogP contribution in [0, 0.1) is 11.8 Å². The van der Waals surface area contributed by atoms with Crippen LogP contribution in [0.5, 0.6) is 0 Å². The summed E-state index contributed by atoms with van der Waals surface area (Å²) in [6, 6.07) is 28.6. The molecule has 372 valence electrons. The minimum absolute atomic E-state index is 0.0172. The van der Waals surface area contributed by atoms with Crippen LogP contribution in [0.2, 0.25) is 0 Å². The Bertz CT molecular complexity index is 1970. The van der Waals surface area contributed by atoms with E-state index < -0.39 is 110 Å². The second kappa shape index (κ2) is 28.7. The summed E-state index contributed by atoms with van der Waals surface area (Å²) in [5, 5.41) is 11.5. The van der Waals surface area contributed by atoms with E-state index in [1.54, 1.807) is 33.8 Å². The summed E-state index contributed by atoms with van der Waals surface area (Å²) in [6.07, 6.45) is -8.90. The molecule has 2 fully saturated rings. The van der Waals surface area contributed by atoms with Gasteiger partial charge in [-0.15, -0.1) is 18.2 Å². The van der Waals surface area contributed by atoms with Gasteiger partial charge in [-0.25, -0.2) is 0 Å². The van der Waals surface area contributed by atoms with Crippen molar-refractivity contribution in [1.82, 2.24) is 0 Å². The molecule has 0 radical (unpaired) electrons. The third kappa shape index (κ3) is 16.5. The van der Waals surface area contributed by atoms with Gasteiger partial charge in [-0.3, -0.25) is 19.2 Å². The molecule has 0 amide bonds. The van der Waals surface area contributed by atoms with Crippen LogP contribution in [0.3, 0.4) is 0 Å². The number of ether oxygens (including phenoxy) is 10. The average molecular weight is 968 g/mol. The summed E-state index contributed by atoms with van der Waals surface area (Å²) in [5.74, 6) is -4.67. The van der Waals surface area contributed by atoms with Crippen molar-refractivity contribution in [3.8, 4) is 0 Å². The summed E-state index contributed by atoms with van der Waals surface area (Å²) >= 11 is 5.80. The first-order valence-corrected chi connectivity index (χ1v) is 24.0. The van der Waals surface area contributed by atoms with Crippen molar-refractivity contribution < 1.29 is 71.7 Å². The van der Waals surface area contributed by atoms with Crippen LogP contribution in [-0.2, 0) is 86.4 Å². The lowest BCUT2D eigenvalue weighted by Gasteiger charge is -2.46. The second-order valence-electron chi connectivity index (χ2n) is 17.0. The molecule has 1 unspecified atom stereocenters. The zero-order valence-corrected chi connectivity index (χ0v) is 40.2. The maximum atomic E-state index is 13.8. The average Bonchev–Trinajstić information content (AvgIpc) is 3.36. The van der Waals surface area contributed by atoms with E-state index in [9.17, 15) is 24.3 Å². The van der Waals surface area contributed by atoms with Gasteiger partial charge in [0.25, 0.3) is 0 Å². The summed E-state index contributed by atoms with van der Waals surface area (Å²) in [4.78, 5) is 53.4. The number of allylic oxidation sites excluding steroid dienone is 1. The normalized spacial score (nSPS) is 25.6. The molecule has 3 aromatic rings. The van der Waals surface area contributed by atoms with Gasteiger partial charge in [0.1, 0.15) is 30.3 Å². The van der Waals surface area contributed by atoms with Crippen molar-refractivity contribution in [3.63, 3.8) is 0 Å². The minimum Gasteiger partial charge on any atom is -0.455 e. The molecule has 0 bridgehead atoms. The maximum Gasteiger partial charge on any atom is 0.321 e. The van der Waals surface area contributed by atoms with E-state index in [1.807, 2.05) is 91.0 Å². The molecule has 2 aliphatic rings. The summed E-state index contributed by atoms with van der Waals surface area (Å²) in [7, 11) is 0. The molecule has 2 saturated heterocycles. The lowest BCUT2D eigenvalue weighted by Crippen LogP contribution is -2.64. The van der Waals surface area contributed by atoms with E-state index >= 15 is 0 Å². The number of aliphatic hydroxyl groups excluding tert-OH is 1. The van der Waals surface area contributed by atoms with Gasteiger partial charge in [-0.05, 0) is 48.8 Å². The summed E-state index contributed by atoms with van der Waals surface area (Å²) < 4.78 is 62.8. The summed E-state index contributed by atoms with van der Waals surface area (Å²) in [5.41, 5.74) is 2.63. The SMILES string of the molecule is C=CCCCCC(=O)O[C@H]1[C@H](OC[C@H]2OC(O)[C@H](OC(=O)CCl)[C@@H](OC(=O)[C@@H](C)CC)[C@@H]2OC(=O)[C@@H](C)CC)O[C@H](COCc2ccccc2)[C@@H](OCc2ccccc2)[C@@H]1OCc1ccccc1. The number of carbonyl (C=O) groups excluding carboxylic acids is 4. The van der Waals surface area contributed by atoms with E-state index in [2.05, 4.69) is 6.58 Å². The van der Waals surface area contributed by atoms with E-state index in [4.69, 9.17) is 59.0 Å².